The second kappa shape index (κ2) is 5.63. The smallest absolute Gasteiger partial charge is 0.122 e. The van der Waals surface area contributed by atoms with Crippen molar-refractivity contribution in [3.05, 3.63) is 28.3 Å². The molecule has 9 rings (SSSR count). The van der Waals surface area contributed by atoms with Crippen LogP contribution >= 0.6 is 0 Å². The Labute approximate surface area is 176 Å². The third-order valence-corrected chi connectivity index (χ3v) is 10.9. The molecule has 0 radical (unpaired) electrons. The average molecular weight is 391 g/mol. The number of phenolic OH excluding ortho intramolecular Hbond substituents is 1. The first-order valence-electron chi connectivity index (χ1n) is 12.8. The lowest BCUT2D eigenvalue weighted by atomic mass is 9.46. The number of aryl methyl sites for hydroxylation is 1. The van der Waals surface area contributed by atoms with Crippen LogP contribution in [0.25, 0.3) is 0 Å². The quantitative estimate of drug-likeness (QED) is 0.579. The first-order chi connectivity index (χ1) is 13.9. The number of rotatable bonds is 2. The Kier molecular flexibility index (Phi) is 3.43. The van der Waals surface area contributed by atoms with Crippen molar-refractivity contribution in [3.63, 3.8) is 0 Å². The predicted octanol–water partition coefficient (Wildman–Crippen LogP) is 6.94. The van der Waals surface area contributed by atoms with Gasteiger partial charge in [0.25, 0.3) is 0 Å². The number of hydrogen-bond acceptors (Lipinski definition) is 1. The van der Waals surface area contributed by atoms with E-state index in [0.717, 1.165) is 35.5 Å². The van der Waals surface area contributed by atoms with Gasteiger partial charge in [0, 0.05) is 5.56 Å². The molecular weight excluding hydrogens is 352 g/mol. The summed E-state index contributed by atoms with van der Waals surface area (Å²) < 4.78 is 0. The fourth-order valence-electron chi connectivity index (χ4n) is 11.1. The van der Waals surface area contributed by atoms with E-state index >= 15 is 0 Å². The van der Waals surface area contributed by atoms with Gasteiger partial charge < -0.3 is 5.11 Å². The minimum Gasteiger partial charge on any atom is -0.507 e. The molecule has 1 N–H and O–H groups in total. The SMILES string of the molecule is Cc1cc(C23CC4CC(CC(C4)C2)C3)c(O)c(C)c1C12CC3CC(CC(C3)C1)C2. The molecule has 0 aromatic heterocycles. The Balaban J connectivity index is 1.34. The number of hydrogen-bond donors (Lipinski definition) is 1. The summed E-state index contributed by atoms with van der Waals surface area (Å²) in [5.74, 6) is 6.40. The third-order valence-electron chi connectivity index (χ3n) is 10.9. The topological polar surface area (TPSA) is 20.2 Å². The Hall–Kier alpha value is -0.980. The zero-order valence-corrected chi connectivity index (χ0v) is 18.5. The van der Waals surface area contributed by atoms with Crippen LogP contribution in [0.4, 0.5) is 0 Å². The maximum Gasteiger partial charge on any atom is 0.122 e. The number of benzene rings is 1. The average Bonchev–Trinajstić information content (AvgIpc) is 2.62. The van der Waals surface area contributed by atoms with Crippen LogP contribution in [-0.2, 0) is 10.8 Å². The maximum absolute atomic E-state index is 11.7. The van der Waals surface area contributed by atoms with Gasteiger partial charge in [-0.1, -0.05) is 6.07 Å². The van der Waals surface area contributed by atoms with Crippen LogP contribution in [0.5, 0.6) is 5.75 Å². The van der Waals surface area contributed by atoms with Gasteiger partial charge in [-0.05, 0) is 154 Å². The van der Waals surface area contributed by atoms with Crippen molar-refractivity contribution in [3.8, 4) is 5.75 Å². The molecular formula is C28H38O. The van der Waals surface area contributed by atoms with Gasteiger partial charge in [0.05, 0.1) is 0 Å². The lowest BCUT2D eigenvalue weighted by molar-refractivity contribution is -0.00821. The molecule has 156 valence electrons. The van der Waals surface area contributed by atoms with Gasteiger partial charge in [-0.2, -0.15) is 0 Å². The lowest BCUT2D eigenvalue weighted by Crippen LogP contribution is -2.50. The summed E-state index contributed by atoms with van der Waals surface area (Å²) in [6, 6.07) is 2.50. The number of phenols is 1. The Morgan fingerprint density at radius 1 is 0.655 bits per heavy atom. The molecule has 29 heavy (non-hydrogen) atoms. The summed E-state index contributed by atoms with van der Waals surface area (Å²) in [5, 5.41) is 11.7. The third kappa shape index (κ3) is 2.34. The van der Waals surface area contributed by atoms with Crippen molar-refractivity contribution in [1.29, 1.82) is 0 Å². The van der Waals surface area contributed by atoms with E-state index in [-0.39, 0.29) is 0 Å². The van der Waals surface area contributed by atoms with Crippen LogP contribution in [0.2, 0.25) is 0 Å². The van der Waals surface area contributed by atoms with Crippen molar-refractivity contribution in [2.75, 3.05) is 0 Å². The zero-order chi connectivity index (χ0) is 19.5. The summed E-state index contributed by atoms with van der Waals surface area (Å²) in [6.45, 7) is 4.67. The van der Waals surface area contributed by atoms with E-state index in [4.69, 9.17) is 0 Å². The summed E-state index contributed by atoms with van der Waals surface area (Å²) in [5.41, 5.74) is 6.43. The van der Waals surface area contributed by atoms with Crippen molar-refractivity contribution in [2.45, 2.75) is 102 Å². The molecule has 8 saturated carbocycles. The van der Waals surface area contributed by atoms with E-state index in [1.165, 1.54) is 93.7 Å². The molecule has 8 bridgehead atoms. The van der Waals surface area contributed by atoms with Crippen LogP contribution in [0, 0.1) is 49.4 Å². The summed E-state index contributed by atoms with van der Waals surface area (Å²) in [7, 11) is 0. The Morgan fingerprint density at radius 3 is 1.45 bits per heavy atom. The van der Waals surface area contributed by atoms with E-state index in [2.05, 4.69) is 19.9 Å². The first kappa shape index (κ1) is 17.7. The summed E-state index contributed by atoms with van der Waals surface area (Å²) >= 11 is 0. The molecule has 8 aliphatic carbocycles. The van der Waals surface area contributed by atoms with E-state index in [1.54, 1.807) is 5.56 Å². The van der Waals surface area contributed by atoms with Crippen molar-refractivity contribution < 1.29 is 5.11 Å². The van der Waals surface area contributed by atoms with Gasteiger partial charge in [0.2, 0.25) is 0 Å². The van der Waals surface area contributed by atoms with Gasteiger partial charge in [0.1, 0.15) is 5.75 Å². The molecule has 0 heterocycles. The molecule has 1 nitrogen and oxygen atoms in total. The summed E-state index contributed by atoms with van der Waals surface area (Å²) in [6.07, 6.45) is 17.2. The van der Waals surface area contributed by atoms with Gasteiger partial charge in [-0.15, -0.1) is 0 Å². The van der Waals surface area contributed by atoms with Crippen molar-refractivity contribution >= 4 is 0 Å². The van der Waals surface area contributed by atoms with Crippen LogP contribution in [-0.4, -0.2) is 5.11 Å². The largest absolute Gasteiger partial charge is 0.507 e. The highest BCUT2D eigenvalue weighted by atomic mass is 16.3. The summed E-state index contributed by atoms with van der Waals surface area (Å²) in [4.78, 5) is 0. The Bertz CT molecular complexity index is 806. The second-order valence-electron chi connectivity index (χ2n) is 13.0. The van der Waals surface area contributed by atoms with Crippen LogP contribution in [0.3, 0.4) is 0 Å². The molecule has 8 fully saturated rings. The predicted molar refractivity (Wildman–Crippen MR) is 117 cm³/mol. The van der Waals surface area contributed by atoms with E-state index in [1.807, 2.05) is 0 Å². The lowest BCUT2D eigenvalue weighted by Gasteiger charge is -2.59. The zero-order valence-electron chi connectivity index (χ0n) is 18.5. The molecule has 0 aliphatic heterocycles. The van der Waals surface area contributed by atoms with E-state index in [9.17, 15) is 5.11 Å². The standard InChI is InChI=1S/C28H38O/c1-16-3-24(27-10-18-4-19(11-27)6-20(5-18)12-27)26(29)17(2)25(16)28-13-21-7-22(14-28)9-23(8-21)15-28/h3,18-23,29H,4-15H2,1-2H3. The van der Waals surface area contributed by atoms with Crippen LogP contribution in [0.15, 0.2) is 6.07 Å². The first-order valence-corrected chi connectivity index (χ1v) is 12.8. The van der Waals surface area contributed by atoms with Crippen LogP contribution < -0.4 is 0 Å². The van der Waals surface area contributed by atoms with Gasteiger partial charge in [-0.25, -0.2) is 0 Å². The fourth-order valence-corrected chi connectivity index (χ4v) is 11.1. The monoisotopic (exact) mass is 390 g/mol. The van der Waals surface area contributed by atoms with Crippen molar-refractivity contribution in [2.24, 2.45) is 35.5 Å². The highest BCUT2D eigenvalue weighted by molar-refractivity contribution is 5.55. The van der Waals surface area contributed by atoms with Gasteiger partial charge >= 0.3 is 0 Å². The fraction of sp³-hybridized carbons (Fsp3) is 0.786. The molecule has 1 heteroatoms. The Morgan fingerprint density at radius 2 is 1.03 bits per heavy atom. The highest BCUT2D eigenvalue weighted by Gasteiger charge is 2.55. The maximum atomic E-state index is 11.7. The van der Waals surface area contributed by atoms with Crippen LogP contribution in [0.1, 0.15) is 99.3 Å². The minimum atomic E-state index is 0.300. The normalized spacial score (nSPS) is 49.2. The molecule has 0 amide bonds. The van der Waals surface area contributed by atoms with E-state index < -0.39 is 0 Å². The minimum absolute atomic E-state index is 0.300. The molecule has 8 aliphatic rings. The van der Waals surface area contributed by atoms with Gasteiger partial charge in [0.15, 0.2) is 0 Å². The molecule has 1 aromatic rings. The molecule has 0 atom stereocenters. The molecule has 0 unspecified atom stereocenters. The molecule has 0 spiro atoms. The second-order valence-corrected chi connectivity index (χ2v) is 13.0. The molecule has 0 saturated heterocycles. The number of aromatic hydroxyl groups is 1. The molecule has 1 aromatic carbocycles. The van der Waals surface area contributed by atoms with Gasteiger partial charge in [-0.3, -0.25) is 0 Å². The highest BCUT2D eigenvalue weighted by Crippen LogP contribution is 2.65. The van der Waals surface area contributed by atoms with Crippen molar-refractivity contribution in [1.82, 2.24) is 0 Å². The van der Waals surface area contributed by atoms with E-state index in [0.29, 0.717) is 16.6 Å².